The van der Waals surface area contributed by atoms with Crippen molar-refractivity contribution >= 4 is 132 Å². The minimum Gasteiger partial charge on any atom is -0.654 e. The van der Waals surface area contributed by atoms with Crippen molar-refractivity contribution in [2.45, 2.75) is 0 Å². The van der Waals surface area contributed by atoms with Crippen LogP contribution in [-0.2, 0) is 211 Å². The Labute approximate surface area is 937 Å². The zero-order valence-electron chi connectivity index (χ0n) is 81.0. The smallest absolute Gasteiger partial charge is 0.654 e. The van der Waals surface area contributed by atoms with E-state index >= 15 is 0 Å². The third-order valence-electron chi connectivity index (χ3n) is 25.5. The summed E-state index contributed by atoms with van der Waals surface area (Å²) in [4.78, 5) is 81.5. The van der Waals surface area contributed by atoms with Crippen LogP contribution in [0.5, 0.6) is 0 Å². The van der Waals surface area contributed by atoms with Crippen LogP contribution >= 0.6 is 0 Å². The third-order valence-corrected chi connectivity index (χ3v) is 25.5. The first-order valence-electron chi connectivity index (χ1n) is 45.4. The fraction of sp³-hybridized carbons (Fsp3) is 0.111. The third kappa shape index (κ3) is 18.0. The van der Waals surface area contributed by atoms with Gasteiger partial charge in [-0.15, -0.1) is 70.3 Å². The summed E-state index contributed by atoms with van der Waals surface area (Å²) < 4.78 is 57.7. The number of para-hydroxylation sites is 6. The summed E-state index contributed by atoms with van der Waals surface area (Å²) in [6, 6.07) is 36.3. The van der Waals surface area contributed by atoms with Crippen molar-refractivity contribution in [1.29, 1.82) is 0 Å². The number of benzene rings is 6. The van der Waals surface area contributed by atoms with E-state index in [-0.39, 0.29) is 126 Å². The van der Waals surface area contributed by atoms with Gasteiger partial charge in [-0.05, 0) is 93.1 Å². The maximum absolute atomic E-state index is 5.83. The molecule has 0 bridgehead atoms. The Bertz CT molecular complexity index is 8620. The van der Waals surface area contributed by atoms with Gasteiger partial charge in [-0.1, -0.05) is 195 Å². The van der Waals surface area contributed by atoms with Gasteiger partial charge in [0.1, 0.15) is 69.8 Å². The predicted molar refractivity (Wildman–Crippen MR) is 542 cm³/mol. The largest absolute Gasteiger partial charge is 2.00 e. The number of rotatable bonds is 12. The van der Waals surface area contributed by atoms with Crippen LogP contribution in [0, 0.1) is 37.6 Å². The molecule has 0 amide bonds. The molecular weight excluding hydrogens is 2980 g/mol. The zero-order chi connectivity index (χ0) is 97.6. The van der Waals surface area contributed by atoms with Gasteiger partial charge in [0.15, 0.2) is 0 Å². The molecule has 0 fully saturated rings. The number of aromatic nitrogens is 30. The molecule has 0 spiro atoms. The van der Waals surface area contributed by atoms with Gasteiger partial charge in [0.2, 0.25) is 0 Å². The van der Waals surface area contributed by atoms with Gasteiger partial charge in [0, 0.05) is 166 Å². The summed E-state index contributed by atoms with van der Waals surface area (Å²) in [5.41, 5.74) is 31.4. The normalized spacial score (nSPS) is 11.3. The topological polar surface area (TPSA) is 377 Å². The molecule has 0 aliphatic carbocycles. The number of fused-ring (bicyclic) bond motifs is 18. The first kappa shape index (κ1) is 103. The molecule has 0 radical (unpaired) electrons. The summed E-state index contributed by atoms with van der Waals surface area (Å²) in [5.74, 6) is 4.88. The maximum Gasteiger partial charge on any atom is 2.00 e. The second-order valence-electron chi connectivity index (χ2n) is 35.1. The summed E-state index contributed by atoms with van der Waals surface area (Å²) in [6.45, 7) is 0. The number of furan rings is 6. The predicted octanol–water partition coefficient (Wildman–Crippen LogP) is 18.9. The van der Waals surface area contributed by atoms with E-state index in [0.29, 0.717) is 0 Å². The molecule has 0 unspecified atom stereocenters. The Morgan fingerprint density at radius 2 is 0.433 bits per heavy atom. The van der Waals surface area contributed by atoms with Crippen molar-refractivity contribution in [3.05, 3.63) is 296 Å². The monoisotopic (exact) mass is 3060 g/mol. The maximum atomic E-state index is 5.83. The van der Waals surface area contributed by atoms with Crippen LogP contribution in [0.3, 0.4) is 0 Å². The van der Waals surface area contributed by atoms with Crippen LogP contribution in [0.25, 0.3) is 268 Å². The van der Waals surface area contributed by atoms with Crippen molar-refractivity contribution in [1.82, 2.24) is 145 Å². The zero-order valence-corrected chi connectivity index (χ0v) is 94.6. The van der Waals surface area contributed by atoms with E-state index in [1.807, 2.05) is 291 Å². The van der Waals surface area contributed by atoms with E-state index in [2.05, 4.69) is 97.4 Å². The Kier molecular flexibility index (Phi) is 28.8. The summed E-state index contributed by atoms with van der Waals surface area (Å²) >= 11 is 0. The van der Waals surface area contributed by atoms with Gasteiger partial charge in [-0.25, -0.2) is 29.9 Å². The van der Waals surface area contributed by atoms with Gasteiger partial charge in [-0.3, -0.25) is 0 Å². The van der Waals surface area contributed by atoms with Crippen LogP contribution < -0.4 is 29.9 Å². The molecule has 0 saturated heterocycles. The van der Waals surface area contributed by atoms with Crippen LogP contribution in [-0.4, -0.2) is 115 Å². The SMILES string of the molecule is Cn1[c-]nc(-c2cccc3c2[n-]c2c(-c4nccn4C)coc23)c1.Cn1[c-]nc(-c2cccc3c2[n-]c2c(-c4nccn4C)coc23)c1.Cn1[c-]nc(-c2cccc3c2[n-]c2c(-c4nccn4C)coc23)c1.Cn1cnc(-c2cccc3c2[n-]c2c(-c4n[c-]cn4C)coc23)c1.Cn1cnc(-c2cccc3c2[n-]c2c(-c4n[c-]cn4C)coc23)c1.Cn1cnc(-c2cccc3c2[n-]c2c(-c4n[c-]cn4C)coc23)c1.[Pt+2].[Pt+2].[Pt+2].[Pt+2].[Pt+2].[Pt+2]. The van der Waals surface area contributed by atoms with Crippen molar-refractivity contribution < 1.29 is 153 Å². The summed E-state index contributed by atoms with van der Waals surface area (Å²) in [6.07, 6.45) is 61.1. The van der Waals surface area contributed by atoms with E-state index in [0.717, 1.165) is 268 Å². The van der Waals surface area contributed by atoms with Crippen LogP contribution in [0.4, 0.5) is 0 Å². The molecule has 30 aromatic rings. The van der Waals surface area contributed by atoms with Gasteiger partial charge < -0.3 is 141 Å². The molecule has 0 aliphatic heterocycles. The molecule has 24 aromatic heterocycles. The molecule has 0 atom stereocenters. The Morgan fingerprint density at radius 3 is 0.607 bits per heavy atom. The molecule has 0 saturated carbocycles. The van der Waals surface area contributed by atoms with Crippen molar-refractivity contribution in [3.8, 4) is 136 Å². The molecule has 24 heterocycles. The number of hydrogen-bond acceptors (Lipinski definition) is 18. The average Bonchev–Trinajstić information content (AvgIpc) is 1.61. The summed E-state index contributed by atoms with van der Waals surface area (Å²) in [5, 5.41) is 5.89. The minimum absolute atomic E-state index is 0. The van der Waals surface area contributed by atoms with Gasteiger partial charge >= 0.3 is 126 Å². The quantitative estimate of drug-likeness (QED) is 0.103. The van der Waals surface area contributed by atoms with Crippen LogP contribution in [0.2, 0.25) is 0 Å². The van der Waals surface area contributed by atoms with E-state index in [9.17, 15) is 0 Å². The number of imidazole rings is 12. The second kappa shape index (κ2) is 41.9. The Hall–Kier alpha value is -15.6. The first-order valence-corrected chi connectivity index (χ1v) is 45.4. The fourth-order valence-electron chi connectivity index (χ4n) is 18.6. The standard InChI is InChI=1S/6C18H13N5O.6Pt/c6*1-22-8-14(20-10-22)11-4-3-5-12-15(11)21-16-13(9-24-17(12)16)18-19-6-7-23(18)2;;;;;;/h3*3-5,7-10H,1-2H3;3*3-9H,1-2H3;;;;;;/q6*-2;6*+2. The van der Waals surface area contributed by atoms with E-state index < -0.39 is 0 Å². The van der Waals surface area contributed by atoms with E-state index in [1.54, 1.807) is 107 Å². The number of aryl methyl sites for hydroxylation is 12. The number of hydrogen-bond donors (Lipinski definition) is 0. The molecule has 756 valence electrons. The van der Waals surface area contributed by atoms with Gasteiger partial charge in [0.05, 0.1) is 54.9 Å². The number of nitrogens with zero attached hydrogens (tertiary/aromatic N) is 30. The minimum atomic E-state index is 0. The molecule has 150 heavy (non-hydrogen) atoms. The van der Waals surface area contributed by atoms with Crippen LogP contribution in [0.15, 0.2) is 285 Å². The molecule has 36 nitrogen and oxygen atoms in total. The van der Waals surface area contributed by atoms with Crippen LogP contribution in [0.1, 0.15) is 0 Å². The molecule has 0 aliphatic rings. The van der Waals surface area contributed by atoms with E-state index in [4.69, 9.17) is 56.4 Å². The average molecular weight is 3060 g/mol. The second-order valence-corrected chi connectivity index (χ2v) is 35.1. The molecule has 42 heteroatoms. The Morgan fingerprint density at radius 1 is 0.220 bits per heavy atom. The summed E-state index contributed by atoms with van der Waals surface area (Å²) in [7, 11) is 23.2. The molecule has 30 rings (SSSR count). The first-order chi connectivity index (χ1) is 70.3. The van der Waals surface area contributed by atoms with E-state index in [1.165, 1.54) is 0 Å². The molecule has 0 N–H and O–H groups in total. The fourth-order valence-corrected chi connectivity index (χ4v) is 18.6. The van der Waals surface area contributed by atoms with Gasteiger partial charge in [0.25, 0.3) is 0 Å². The molecule has 6 aromatic carbocycles. The van der Waals surface area contributed by atoms with Crippen molar-refractivity contribution in [2.75, 3.05) is 0 Å². The van der Waals surface area contributed by atoms with Gasteiger partial charge in [-0.2, -0.15) is 0 Å². The van der Waals surface area contributed by atoms with Crippen molar-refractivity contribution in [2.24, 2.45) is 84.6 Å². The Balaban J connectivity index is 0.000000112. The van der Waals surface area contributed by atoms with Crippen molar-refractivity contribution in [3.63, 3.8) is 0 Å². The molecular formula is C108H78N30O6Pt6.